The van der Waals surface area contributed by atoms with Crippen LogP contribution in [-0.2, 0) is 9.53 Å². The molecule has 11 nitrogen and oxygen atoms in total. The van der Waals surface area contributed by atoms with E-state index in [9.17, 15) is 14.7 Å². The monoisotopic (exact) mass is 647 g/mol. The first-order valence-electron chi connectivity index (χ1n) is 16.6. The minimum atomic E-state index is -0.670. The predicted molar refractivity (Wildman–Crippen MR) is 184 cm³/mol. The Labute approximate surface area is 279 Å². The van der Waals surface area contributed by atoms with E-state index in [1.54, 1.807) is 0 Å². The van der Waals surface area contributed by atoms with Crippen molar-refractivity contribution in [2.75, 3.05) is 20.2 Å². The average Bonchev–Trinajstić information content (AvgIpc) is 3.93. The van der Waals surface area contributed by atoms with Crippen molar-refractivity contribution in [3.8, 4) is 33.6 Å². The number of carbonyl (C=O) groups is 2. The van der Waals surface area contributed by atoms with Crippen molar-refractivity contribution in [1.29, 1.82) is 0 Å². The second-order valence-corrected chi connectivity index (χ2v) is 13.1. The highest BCUT2D eigenvalue weighted by Crippen LogP contribution is 2.34. The summed E-state index contributed by atoms with van der Waals surface area (Å²) in [6.45, 7) is 5.02. The van der Waals surface area contributed by atoms with E-state index in [4.69, 9.17) is 9.72 Å². The molecule has 2 aromatic heterocycles. The zero-order valence-electron chi connectivity index (χ0n) is 27.4. The van der Waals surface area contributed by atoms with E-state index in [0.29, 0.717) is 19.5 Å². The number of carbonyl (C=O) groups excluding carboxylic acids is 2. The van der Waals surface area contributed by atoms with Gasteiger partial charge in [-0.1, -0.05) is 62.4 Å². The molecule has 4 atom stereocenters. The molecule has 0 unspecified atom stereocenters. The van der Waals surface area contributed by atoms with E-state index < -0.39 is 12.1 Å². The van der Waals surface area contributed by atoms with Crippen LogP contribution in [0.15, 0.2) is 73.1 Å². The van der Waals surface area contributed by atoms with E-state index in [1.165, 1.54) is 7.11 Å². The summed E-state index contributed by atoms with van der Waals surface area (Å²) in [7, 11) is 1.30. The van der Waals surface area contributed by atoms with Gasteiger partial charge in [-0.15, -0.1) is 0 Å². The molecule has 4 heterocycles. The first-order chi connectivity index (χ1) is 23.3. The molecule has 5 N–H and O–H groups in total. The van der Waals surface area contributed by atoms with Gasteiger partial charge in [0.2, 0.25) is 5.91 Å². The number of aliphatic hydroxyl groups excluding tert-OH is 1. The molecule has 2 fully saturated rings. The number of nitrogens with one attached hydrogen (secondary N) is 4. The Bertz CT molecular complexity index is 1930. The van der Waals surface area contributed by atoms with E-state index in [1.807, 2.05) is 31.1 Å². The van der Waals surface area contributed by atoms with Crippen LogP contribution >= 0.6 is 0 Å². The fraction of sp³-hybridized carbons (Fsp3) is 0.351. The number of methoxy groups -OCH3 is 1. The van der Waals surface area contributed by atoms with Crippen molar-refractivity contribution in [1.82, 2.24) is 35.5 Å². The van der Waals surface area contributed by atoms with Gasteiger partial charge >= 0.3 is 6.09 Å². The van der Waals surface area contributed by atoms with Crippen LogP contribution in [0.5, 0.6) is 0 Å². The van der Waals surface area contributed by atoms with Gasteiger partial charge < -0.3 is 35.3 Å². The summed E-state index contributed by atoms with van der Waals surface area (Å²) >= 11 is 0. The van der Waals surface area contributed by atoms with Crippen LogP contribution in [0.3, 0.4) is 0 Å². The summed E-state index contributed by atoms with van der Waals surface area (Å²) in [6, 6.07) is 20.5. The van der Waals surface area contributed by atoms with Gasteiger partial charge in [0.1, 0.15) is 17.7 Å². The minimum Gasteiger partial charge on any atom is -0.453 e. The van der Waals surface area contributed by atoms with E-state index in [0.717, 1.165) is 68.9 Å². The fourth-order valence-corrected chi connectivity index (χ4v) is 6.87. The van der Waals surface area contributed by atoms with Crippen LogP contribution in [-0.4, -0.2) is 74.3 Å². The molecule has 0 saturated carbocycles. The minimum absolute atomic E-state index is 0.0515. The number of fused-ring (bicyclic) bond motifs is 1. The Kier molecular flexibility index (Phi) is 8.72. The van der Waals surface area contributed by atoms with E-state index in [-0.39, 0.29) is 30.0 Å². The van der Waals surface area contributed by atoms with Crippen LogP contribution in [0.2, 0.25) is 0 Å². The molecule has 3 aromatic carbocycles. The molecule has 0 bridgehead atoms. The first kappa shape index (κ1) is 31.6. The fourth-order valence-electron chi connectivity index (χ4n) is 6.87. The molecule has 0 aliphatic carbocycles. The zero-order valence-corrected chi connectivity index (χ0v) is 27.4. The van der Waals surface area contributed by atoms with Crippen LogP contribution in [0.4, 0.5) is 4.79 Å². The third-order valence-electron chi connectivity index (χ3n) is 9.55. The number of aliphatic hydroxyl groups is 1. The van der Waals surface area contributed by atoms with Crippen molar-refractivity contribution in [2.45, 2.75) is 57.3 Å². The predicted octanol–water partition coefficient (Wildman–Crippen LogP) is 5.73. The lowest BCUT2D eigenvalue weighted by Crippen LogP contribution is -2.51. The number of hydrogen-bond acceptors (Lipinski definition) is 7. The first-order valence-corrected chi connectivity index (χ1v) is 16.6. The molecule has 2 saturated heterocycles. The summed E-state index contributed by atoms with van der Waals surface area (Å²) in [5, 5.41) is 18.1. The Balaban J connectivity index is 1.05. The number of amides is 2. The zero-order chi connectivity index (χ0) is 33.4. The third kappa shape index (κ3) is 6.31. The number of hydrogen-bond donors (Lipinski definition) is 5. The Hall–Kier alpha value is -5.00. The number of aromatic amines is 2. The summed E-state index contributed by atoms with van der Waals surface area (Å²) in [4.78, 5) is 43.4. The van der Waals surface area contributed by atoms with Crippen LogP contribution in [0.25, 0.3) is 44.4 Å². The number of ether oxygens (including phenoxy) is 1. The molecule has 48 heavy (non-hydrogen) atoms. The van der Waals surface area contributed by atoms with E-state index >= 15 is 0 Å². The lowest BCUT2D eigenvalue weighted by molar-refractivity contribution is -0.135. The molecule has 7 rings (SSSR count). The van der Waals surface area contributed by atoms with Gasteiger partial charge in [0.25, 0.3) is 0 Å². The summed E-state index contributed by atoms with van der Waals surface area (Å²) in [6.07, 6.45) is 5.07. The van der Waals surface area contributed by atoms with Gasteiger partial charge in [0, 0.05) is 18.7 Å². The largest absolute Gasteiger partial charge is 0.453 e. The maximum Gasteiger partial charge on any atom is 0.407 e. The van der Waals surface area contributed by atoms with Crippen molar-refractivity contribution in [3.63, 3.8) is 0 Å². The van der Waals surface area contributed by atoms with Crippen molar-refractivity contribution < 1.29 is 19.4 Å². The molecule has 11 heteroatoms. The lowest BCUT2D eigenvalue weighted by Gasteiger charge is -2.30. The number of H-pyrrole nitrogens is 2. The van der Waals surface area contributed by atoms with Gasteiger partial charge in [0.15, 0.2) is 0 Å². The Morgan fingerprint density at radius 3 is 2.21 bits per heavy atom. The van der Waals surface area contributed by atoms with Crippen LogP contribution < -0.4 is 10.6 Å². The van der Waals surface area contributed by atoms with Crippen molar-refractivity contribution >= 4 is 22.8 Å². The van der Waals surface area contributed by atoms with Gasteiger partial charge in [-0.2, -0.15) is 0 Å². The topological polar surface area (TPSA) is 148 Å². The normalized spacial score (nSPS) is 20.0. The third-order valence-corrected chi connectivity index (χ3v) is 9.55. The second kappa shape index (κ2) is 13.2. The number of β-amino-alcohol motifs (C(OH)–C–C–N with tert-alkyl or cyclic N) is 1. The molecular formula is C37H41N7O4. The molecular weight excluding hydrogens is 606 g/mol. The summed E-state index contributed by atoms with van der Waals surface area (Å²) in [5.41, 5.74) is 6.18. The van der Waals surface area contributed by atoms with Gasteiger partial charge in [-0.3, -0.25) is 4.79 Å². The molecule has 5 aromatic rings. The highest BCUT2D eigenvalue weighted by atomic mass is 16.5. The highest BCUT2D eigenvalue weighted by Gasteiger charge is 2.37. The quantitative estimate of drug-likeness (QED) is 0.145. The van der Waals surface area contributed by atoms with Crippen molar-refractivity contribution in [2.24, 2.45) is 5.92 Å². The highest BCUT2D eigenvalue weighted by molar-refractivity contribution is 5.91. The van der Waals surface area contributed by atoms with E-state index in [2.05, 4.69) is 86.2 Å². The number of imidazole rings is 2. The Morgan fingerprint density at radius 2 is 1.52 bits per heavy atom. The van der Waals surface area contributed by atoms with Gasteiger partial charge in [-0.05, 0) is 64.8 Å². The smallest absolute Gasteiger partial charge is 0.407 e. The maximum absolute atomic E-state index is 13.5. The Morgan fingerprint density at radius 1 is 0.896 bits per heavy atom. The number of alkyl carbamates (subject to hydrolysis) is 1. The standard InChI is InChI=1S/C37H41N7O4/c1-21(2)33(43-37(47)48-3)36(46)44-14-4-5-32(44)35-40-20-31(42-35)27-13-12-25-15-24(10-11-26(25)16-27)22-6-8-23(9-7-22)30-19-39-34(41-30)29-17-28(45)18-38-29/h6-13,15-16,19-21,28-29,32-33,38,45H,4-5,14,17-18H2,1-3H3,(H,39,41)(H,40,42)(H,43,47)/t28-,29-,32-,33-/m0/s1. The second-order valence-electron chi connectivity index (χ2n) is 13.1. The maximum atomic E-state index is 13.5. The molecule has 2 aliphatic rings. The molecule has 0 spiro atoms. The molecule has 0 radical (unpaired) electrons. The average molecular weight is 648 g/mol. The molecule has 2 amide bonds. The number of benzene rings is 3. The number of aromatic nitrogens is 4. The van der Waals surface area contributed by atoms with Crippen molar-refractivity contribution in [3.05, 3.63) is 84.7 Å². The molecule has 248 valence electrons. The summed E-state index contributed by atoms with van der Waals surface area (Å²) in [5.74, 6) is 1.39. The SMILES string of the molecule is COC(=O)N[C@H](C(=O)N1CCC[C@H]1c1ncc(-c2ccc3cc(-c4ccc(-c5cnc([C@@H]6C[C@H](O)CN6)[nH]5)cc4)ccc3c2)[nH]1)C(C)C. The van der Waals surface area contributed by atoms with Crippen LogP contribution in [0, 0.1) is 5.92 Å². The van der Waals surface area contributed by atoms with Crippen LogP contribution in [0.1, 0.15) is 56.8 Å². The van der Waals surface area contributed by atoms with Gasteiger partial charge in [-0.25, -0.2) is 14.8 Å². The number of nitrogens with zero attached hydrogens (tertiary/aromatic N) is 3. The lowest BCUT2D eigenvalue weighted by atomic mass is 9.98. The summed E-state index contributed by atoms with van der Waals surface area (Å²) < 4.78 is 4.75. The molecule has 2 aliphatic heterocycles. The van der Waals surface area contributed by atoms with Gasteiger partial charge in [0.05, 0.1) is 49.1 Å². The number of likely N-dealkylation sites (tertiary alicyclic amines) is 1. The number of rotatable bonds is 8.